The van der Waals surface area contributed by atoms with Gasteiger partial charge in [-0.2, -0.15) is 11.8 Å². The van der Waals surface area contributed by atoms with Gasteiger partial charge in [0.1, 0.15) is 6.04 Å². The van der Waals surface area contributed by atoms with Crippen LogP contribution in [0.1, 0.15) is 51.4 Å². The fraction of sp³-hybridized carbons (Fsp3) is 0.652. The van der Waals surface area contributed by atoms with E-state index in [9.17, 15) is 33.9 Å². The average Bonchev–Trinajstić information content (AvgIpc) is 3.48. The van der Waals surface area contributed by atoms with Gasteiger partial charge in [-0.3, -0.25) is 24.1 Å². The third kappa shape index (κ3) is 7.97. The summed E-state index contributed by atoms with van der Waals surface area (Å²) in [7, 11) is 0. The van der Waals surface area contributed by atoms with Gasteiger partial charge in [-0.15, -0.1) is 0 Å². The van der Waals surface area contributed by atoms with Crippen molar-refractivity contribution >= 4 is 47.4 Å². The predicted octanol–water partition coefficient (Wildman–Crippen LogP) is -0.117. The highest BCUT2D eigenvalue weighted by molar-refractivity contribution is 8.00. The van der Waals surface area contributed by atoms with E-state index in [0.717, 1.165) is 42.1 Å². The molecule has 36 heavy (non-hydrogen) atoms. The molecule has 13 heteroatoms. The molecule has 0 aromatic rings. The number of hydrogen-bond acceptors (Lipinski definition) is 7. The maximum Gasteiger partial charge on any atom is 0.326 e. The van der Waals surface area contributed by atoms with E-state index in [-0.39, 0.29) is 43.4 Å². The molecule has 6 amide bonds. The Hall–Kier alpha value is -3.09. The zero-order valence-electron chi connectivity index (χ0n) is 20.0. The van der Waals surface area contributed by atoms with Crippen molar-refractivity contribution in [2.24, 2.45) is 0 Å². The first-order valence-corrected chi connectivity index (χ1v) is 13.3. The van der Waals surface area contributed by atoms with Gasteiger partial charge in [-0.1, -0.05) is 6.42 Å². The second-order valence-electron chi connectivity index (χ2n) is 9.08. The lowest BCUT2D eigenvalue weighted by Gasteiger charge is -2.17. The second-order valence-corrected chi connectivity index (χ2v) is 10.4. The van der Waals surface area contributed by atoms with Crippen molar-refractivity contribution in [2.45, 2.75) is 74.7 Å². The molecule has 3 aliphatic rings. The number of imide groups is 1. The Morgan fingerprint density at radius 1 is 1.03 bits per heavy atom. The molecule has 2 unspecified atom stereocenters. The SMILES string of the molecule is O=C(CCCC[C@@H]1SCC2NC(=O)NC21)NCCCC[C@H](NC(=O)CCN1C(=O)C=CC1=O)C(=O)O. The van der Waals surface area contributed by atoms with Crippen molar-refractivity contribution in [2.75, 3.05) is 18.8 Å². The monoisotopic (exact) mass is 523 g/mol. The summed E-state index contributed by atoms with van der Waals surface area (Å²) in [6.07, 6.45) is 6.37. The van der Waals surface area contributed by atoms with Crippen LogP contribution in [0.25, 0.3) is 0 Å². The molecule has 2 fully saturated rings. The third-order valence-electron chi connectivity index (χ3n) is 6.42. The minimum atomic E-state index is -1.16. The summed E-state index contributed by atoms with van der Waals surface area (Å²) in [5.41, 5.74) is 0. The van der Waals surface area contributed by atoms with E-state index in [1.807, 2.05) is 11.8 Å². The molecule has 4 atom stereocenters. The molecule has 0 bridgehead atoms. The molecule has 0 saturated carbocycles. The van der Waals surface area contributed by atoms with Crippen molar-refractivity contribution in [3.05, 3.63) is 12.2 Å². The Labute approximate surface area is 213 Å². The number of fused-ring (bicyclic) bond motifs is 1. The Morgan fingerprint density at radius 2 is 1.78 bits per heavy atom. The van der Waals surface area contributed by atoms with Gasteiger partial charge in [-0.25, -0.2) is 9.59 Å². The summed E-state index contributed by atoms with van der Waals surface area (Å²) in [6.45, 7) is 0.314. The lowest BCUT2D eigenvalue weighted by atomic mass is 10.0. The van der Waals surface area contributed by atoms with Crippen LogP contribution in [-0.4, -0.2) is 87.9 Å². The lowest BCUT2D eigenvalue weighted by molar-refractivity contribution is -0.143. The number of rotatable bonds is 15. The highest BCUT2D eigenvalue weighted by Crippen LogP contribution is 2.33. The largest absolute Gasteiger partial charge is 0.480 e. The number of thioether (sulfide) groups is 1. The molecule has 198 valence electrons. The van der Waals surface area contributed by atoms with Gasteiger partial charge < -0.3 is 26.4 Å². The van der Waals surface area contributed by atoms with E-state index in [4.69, 9.17) is 0 Å². The Morgan fingerprint density at radius 3 is 2.50 bits per heavy atom. The zero-order valence-corrected chi connectivity index (χ0v) is 20.8. The highest BCUT2D eigenvalue weighted by Gasteiger charge is 2.42. The van der Waals surface area contributed by atoms with E-state index >= 15 is 0 Å². The van der Waals surface area contributed by atoms with Gasteiger partial charge in [0.2, 0.25) is 11.8 Å². The van der Waals surface area contributed by atoms with Gasteiger partial charge in [-0.05, 0) is 32.1 Å². The van der Waals surface area contributed by atoms with Crippen molar-refractivity contribution < 1.29 is 33.9 Å². The summed E-state index contributed by atoms with van der Waals surface area (Å²) in [5.74, 6) is -1.84. The van der Waals surface area contributed by atoms with Crippen LogP contribution in [0, 0.1) is 0 Å². The standard InChI is InChI=1S/C23H33N5O7S/c29-17(7-2-1-6-16-21-15(13-36-16)26-23(35)27-21)24-11-4-3-5-14(22(33)34)25-18(30)10-12-28-19(31)8-9-20(28)32/h8-9,14-16,21H,1-7,10-13H2,(H,24,29)(H,25,30)(H,33,34)(H2,26,27,35)/t14-,15?,16-,21?/m0/s1. The van der Waals surface area contributed by atoms with Crippen LogP contribution in [0.5, 0.6) is 0 Å². The summed E-state index contributed by atoms with van der Waals surface area (Å²) in [6, 6.07) is -0.804. The summed E-state index contributed by atoms with van der Waals surface area (Å²) >= 11 is 1.85. The smallest absolute Gasteiger partial charge is 0.326 e. The van der Waals surface area contributed by atoms with Crippen molar-refractivity contribution in [3.8, 4) is 0 Å². The van der Waals surface area contributed by atoms with Crippen LogP contribution in [0.3, 0.4) is 0 Å². The molecule has 0 spiro atoms. The highest BCUT2D eigenvalue weighted by atomic mass is 32.2. The minimum absolute atomic E-state index is 0.0497. The summed E-state index contributed by atoms with van der Waals surface area (Å²) < 4.78 is 0. The first kappa shape index (κ1) is 27.5. The Kier molecular flexibility index (Phi) is 10.1. The maximum absolute atomic E-state index is 12.1. The number of nitrogens with zero attached hydrogens (tertiary/aromatic N) is 1. The van der Waals surface area contributed by atoms with Crippen LogP contribution in [0.15, 0.2) is 12.2 Å². The Bertz CT molecular complexity index is 893. The molecule has 5 N–H and O–H groups in total. The first-order chi connectivity index (χ1) is 17.2. The molecule has 3 rings (SSSR count). The number of carboxylic acids is 1. The van der Waals surface area contributed by atoms with Gasteiger partial charge >= 0.3 is 12.0 Å². The molecule has 3 heterocycles. The number of carbonyl (C=O) groups excluding carboxylic acids is 5. The number of hydrogen-bond donors (Lipinski definition) is 5. The lowest BCUT2D eigenvalue weighted by Crippen LogP contribution is -2.42. The average molecular weight is 524 g/mol. The number of nitrogens with one attached hydrogen (secondary N) is 4. The number of carboxylic acid groups (broad SMARTS) is 1. The quantitative estimate of drug-likeness (QED) is 0.112. The molecule has 0 aromatic heterocycles. The third-order valence-corrected chi connectivity index (χ3v) is 7.93. The van der Waals surface area contributed by atoms with Gasteiger partial charge in [0.15, 0.2) is 0 Å². The number of unbranched alkanes of at least 4 members (excludes halogenated alkanes) is 2. The molecule has 0 radical (unpaired) electrons. The summed E-state index contributed by atoms with van der Waals surface area (Å²) in [4.78, 5) is 70.9. The maximum atomic E-state index is 12.1. The molecule has 3 aliphatic heterocycles. The van der Waals surface area contributed by atoms with Crippen LogP contribution in [-0.2, 0) is 24.0 Å². The van der Waals surface area contributed by atoms with E-state index < -0.39 is 29.7 Å². The van der Waals surface area contributed by atoms with Gasteiger partial charge in [0.05, 0.1) is 12.1 Å². The minimum Gasteiger partial charge on any atom is -0.480 e. The van der Waals surface area contributed by atoms with E-state index in [1.54, 1.807) is 0 Å². The molecular weight excluding hydrogens is 490 g/mol. The fourth-order valence-corrected chi connectivity index (χ4v) is 6.00. The van der Waals surface area contributed by atoms with Crippen LogP contribution >= 0.6 is 11.8 Å². The van der Waals surface area contributed by atoms with Crippen LogP contribution in [0.4, 0.5) is 4.79 Å². The number of amides is 6. The van der Waals surface area contributed by atoms with E-state index in [0.29, 0.717) is 31.1 Å². The predicted molar refractivity (Wildman–Crippen MR) is 131 cm³/mol. The molecular formula is C23H33N5O7S. The van der Waals surface area contributed by atoms with Gasteiger partial charge in [0, 0.05) is 49.1 Å². The molecule has 0 aliphatic carbocycles. The fourth-order valence-electron chi connectivity index (χ4n) is 4.45. The number of carbonyl (C=O) groups is 6. The zero-order chi connectivity index (χ0) is 26.1. The van der Waals surface area contributed by atoms with Gasteiger partial charge in [0.25, 0.3) is 11.8 Å². The Balaban J connectivity index is 1.21. The van der Waals surface area contributed by atoms with E-state index in [1.165, 1.54) is 0 Å². The molecule has 0 aromatic carbocycles. The van der Waals surface area contributed by atoms with Crippen molar-refractivity contribution in [3.63, 3.8) is 0 Å². The van der Waals surface area contributed by atoms with Crippen LogP contribution < -0.4 is 21.3 Å². The normalized spacial score (nSPS) is 23.3. The second kappa shape index (κ2) is 13.3. The summed E-state index contributed by atoms with van der Waals surface area (Å²) in [5, 5.41) is 20.9. The first-order valence-electron chi connectivity index (χ1n) is 12.3. The molecule has 12 nitrogen and oxygen atoms in total. The number of urea groups is 1. The van der Waals surface area contributed by atoms with E-state index in [2.05, 4.69) is 21.3 Å². The molecule has 2 saturated heterocycles. The van der Waals surface area contributed by atoms with Crippen molar-refractivity contribution in [1.29, 1.82) is 0 Å². The topological polar surface area (TPSA) is 174 Å². The number of aliphatic carboxylic acids is 1. The van der Waals surface area contributed by atoms with Crippen LogP contribution in [0.2, 0.25) is 0 Å². The van der Waals surface area contributed by atoms with Crippen molar-refractivity contribution in [1.82, 2.24) is 26.2 Å².